The first kappa shape index (κ1) is 14.5. The van der Waals surface area contributed by atoms with Crippen LogP contribution in [0.5, 0.6) is 5.75 Å². The Morgan fingerprint density at radius 3 is 2.26 bits per heavy atom. The number of methoxy groups -OCH3 is 1. The lowest BCUT2D eigenvalue weighted by Crippen LogP contribution is -2.15. The monoisotopic (exact) mass is 387 g/mol. The highest BCUT2D eigenvalue weighted by atomic mass is 79.9. The zero-order chi connectivity index (χ0) is 14.0. The van der Waals surface area contributed by atoms with E-state index in [-0.39, 0.29) is 5.82 Å². The van der Waals surface area contributed by atoms with Gasteiger partial charge in [-0.05, 0) is 36.4 Å². The Bertz CT molecular complexity index is 604. The van der Waals surface area contributed by atoms with E-state index >= 15 is 0 Å². The van der Waals surface area contributed by atoms with Gasteiger partial charge in [-0.15, -0.1) is 0 Å². The van der Waals surface area contributed by atoms with Crippen molar-refractivity contribution in [3.05, 3.63) is 62.3 Å². The number of hydrogen-bond acceptors (Lipinski definition) is 2. The average Bonchev–Trinajstić information content (AvgIpc) is 2.40. The highest BCUT2D eigenvalue weighted by molar-refractivity contribution is 9.10. The second-order valence-corrected chi connectivity index (χ2v) is 5.86. The van der Waals surface area contributed by atoms with Crippen LogP contribution in [0, 0.1) is 5.82 Å². The minimum atomic E-state index is -0.593. The molecule has 5 heteroatoms. The topological polar surface area (TPSA) is 35.2 Å². The van der Waals surface area contributed by atoms with Crippen LogP contribution in [-0.4, -0.2) is 7.11 Å². The second kappa shape index (κ2) is 6.03. The number of rotatable bonds is 3. The molecule has 2 rings (SSSR count). The summed E-state index contributed by atoms with van der Waals surface area (Å²) in [6.45, 7) is 0. The Morgan fingerprint density at radius 1 is 1.05 bits per heavy atom. The van der Waals surface area contributed by atoms with Crippen molar-refractivity contribution < 1.29 is 9.13 Å². The number of nitrogens with two attached hydrogens (primary N) is 1. The summed E-state index contributed by atoms with van der Waals surface area (Å²) in [5, 5.41) is 0. The van der Waals surface area contributed by atoms with Gasteiger partial charge in [0.05, 0.1) is 13.2 Å². The van der Waals surface area contributed by atoms with Crippen LogP contribution < -0.4 is 10.5 Å². The molecule has 1 atom stereocenters. The fourth-order valence-electron chi connectivity index (χ4n) is 1.87. The molecule has 2 nitrogen and oxygen atoms in total. The maximum atomic E-state index is 13.9. The number of benzene rings is 2. The van der Waals surface area contributed by atoms with Crippen molar-refractivity contribution in [3.8, 4) is 5.75 Å². The summed E-state index contributed by atoms with van der Waals surface area (Å²) in [5.74, 6) is 0.299. The van der Waals surface area contributed by atoms with Crippen molar-refractivity contribution in [1.82, 2.24) is 0 Å². The standard InChI is InChI=1S/C14H12Br2FNO/c1-19-13-5-3-9(16)7-11(13)14(18)10-6-8(15)2-4-12(10)17/h2-7,14H,18H2,1H3. The van der Waals surface area contributed by atoms with Gasteiger partial charge in [-0.3, -0.25) is 0 Å². The molecule has 19 heavy (non-hydrogen) atoms. The molecule has 0 spiro atoms. The van der Waals surface area contributed by atoms with Crippen LogP contribution in [0.4, 0.5) is 4.39 Å². The predicted molar refractivity (Wildman–Crippen MR) is 80.8 cm³/mol. The van der Waals surface area contributed by atoms with E-state index < -0.39 is 6.04 Å². The van der Waals surface area contributed by atoms with Gasteiger partial charge in [-0.1, -0.05) is 31.9 Å². The lowest BCUT2D eigenvalue weighted by molar-refractivity contribution is 0.407. The zero-order valence-electron chi connectivity index (χ0n) is 10.2. The molecule has 0 amide bonds. The van der Waals surface area contributed by atoms with Gasteiger partial charge < -0.3 is 10.5 Å². The minimum Gasteiger partial charge on any atom is -0.496 e. The first-order chi connectivity index (χ1) is 9.02. The van der Waals surface area contributed by atoms with E-state index in [0.717, 1.165) is 14.5 Å². The molecule has 2 N–H and O–H groups in total. The lowest BCUT2D eigenvalue weighted by atomic mass is 9.98. The Hall–Kier alpha value is -0.910. The third-order valence-electron chi connectivity index (χ3n) is 2.82. The fraction of sp³-hybridized carbons (Fsp3) is 0.143. The molecule has 0 saturated heterocycles. The Labute approximate surface area is 128 Å². The van der Waals surface area contributed by atoms with E-state index in [2.05, 4.69) is 31.9 Å². The molecule has 0 bridgehead atoms. The van der Waals surface area contributed by atoms with Crippen LogP contribution in [0.25, 0.3) is 0 Å². The average molecular weight is 389 g/mol. The van der Waals surface area contributed by atoms with E-state index in [1.807, 2.05) is 12.1 Å². The SMILES string of the molecule is COc1ccc(Br)cc1C(N)c1cc(Br)ccc1F. The van der Waals surface area contributed by atoms with Crippen molar-refractivity contribution in [3.63, 3.8) is 0 Å². The Kier molecular flexibility index (Phi) is 4.60. The molecule has 0 radical (unpaired) electrons. The van der Waals surface area contributed by atoms with Crippen LogP contribution in [0.15, 0.2) is 45.3 Å². The van der Waals surface area contributed by atoms with E-state index in [0.29, 0.717) is 11.3 Å². The lowest BCUT2D eigenvalue weighted by Gasteiger charge is -2.17. The van der Waals surface area contributed by atoms with Crippen LogP contribution in [0.3, 0.4) is 0 Å². The molecular formula is C14H12Br2FNO. The van der Waals surface area contributed by atoms with Crippen LogP contribution in [0.2, 0.25) is 0 Å². The maximum Gasteiger partial charge on any atom is 0.128 e. The summed E-state index contributed by atoms with van der Waals surface area (Å²) in [4.78, 5) is 0. The van der Waals surface area contributed by atoms with E-state index in [9.17, 15) is 4.39 Å². The van der Waals surface area contributed by atoms with Crippen LogP contribution in [-0.2, 0) is 0 Å². The first-order valence-electron chi connectivity index (χ1n) is 5.57. The van der Waals surface area contributed by atoms with E-state index in [1.165, 1.54) is 6.07 Å². The van der Waals surface area contributed by atoms with Gasteiger partial charge in [-0.25, -0.2) is 4.39 Å². The van der Waals surface area contributed by atoms with Gasteiger partial charge in [0.1, 0.15) is 11.6 Å². The molecule has 0 heterocycles. The van der Waals surface area contributed by atoms with Crippen LogP contribution in [0.1, 0.15) is 17.2 Å². The third-order valence-corrected chi connectivity index (χ3v) is 3.81. The molecule has 1 unspecified atom stereocenters. The maximum absolute atomic E-state index is 13.9. The number of hydrogen-bond donors (Lipinski definition) is 1. The summed E-state index contributed by atoms with van der Waals surface area (Å²) in [6, 6.07) is 9.61. The van der Waals surface area contributed by atoms with Gasteiger partial charge in [0.2, 0.25) is 0 Å². The molecular weight excluding hydrogens is 377 g/mol. The zero-order valence-corrected chi connectivity index (χ0v) is 13.3. The normalized spacial score (nSPS) is 12.3. The Balaban J connectivity index is 2.51. The van der Waals surface area contributed by atoms with Crippen molar-refractivity contribution >= 4 is 31.9 Å². The summed E-state index contributed by atoms with van der Waals surface area (Å²) in [6.07, 6.45) is 0. The predicted octanol–water partition coefficient (Wildman–Crippen LogP) is 4.41. The van der Waals surface area contributed by atoms with Gasteiger partial charge in [-0.2, -0.15) is 0 Å². The van der Waals surface area contributed by atoms with Crippen molar-refractivity contribution in [2.24, 2.45) is 5.73 Å². The van der Waals surface area contributed by atoms with E-state index in [1.54, 1.807) is 25.3 Å². The summed E-state index contributed by atoms with van der Waals surface area (Å²) >= 11 is 6.71. The molecule has 0 saturated carbocycles. The Morgan fingerprint density at radius 2 is 1.63 bits per heavy atom. The van der Waals surface area contributed by atoms with Crippen molar-refractivity contribution in [2.75, 3.05) is 7.11 Å². The second-order valence-electron chi connectivity index (χ2n) is 4.03. The van der Waals surface area contributed by atoms with Crippen LogP contribution >= 0.6 is 31.9 Å². The van der Waals surface area contributed by atoms with Gasteiger partial charge >= 0.3 is 0 Å². The molecule has 2 aromatic carbocycles. The number of halogens is 3. The highest BCUT2D eigenvalue weighted by Gasteiger charge is 2.18. The molecule has 0 aliphatic rings. The smallest absolute Gasteiger partial charge is 0.128 e. The fourth-order valence-corrected chi connectivity index (χ4v) is 2.63. The number of ether oxygens (including phenoxy) is 1. The molecule has 0 aliphatic heterocycles. The highest BCUT2D eigenvalue weighted by Crippen LogP contribution is 2.32. The summed E-state index contributed by atoms with van der Waals surface area (Å²) in [5.41, 5.74) is 7.32. The third kappa shape index (κ3) is 3.16. The van der Waals surface area contributed by atoms with E-state index in [4.69, 9.17) is 10.5 Å². The summed E-state index contributed by atoms with van der Waals surface area (Å²) < 4.78 is 20.8. The van der Waals surface area contributed by atoms with Gasteiger partial charge in [0, 0.05) is 20.1 Å². The quantitative estimate of drug-likeness (QED) is 0.845. The molecule has 2 aromatic rings. The largest absolute Gasteiger partial charge is 0.496 e. The van der Waals surface area contributed by atoms with Crippen molar-refractivity contribution in [2.45, 2.75) is 6.04 Å². The first-order valence-corrected chi connectivity index (χ1v) is 7.15. The molecule has 0 fully saturated rings. The van der Waals surface area contributed by atoms with Gasteiger partial charge in [0.25, 0.3) is 0 Å². The minimum absolute atomic E-state index is 0.335. The van der Waals surface area contributed by atoms with Gasteiger partial charge in [0.15, 0.2) is 0 Å². The molecule has 0 aliphatic carbocycles. The molecule has 0 aromatic heterocycles. The summed E-state index contributed by atoms with van der Waals surface area (Å²) in [7, 11) is 1.57. The van der Waals surface area contributed by atoms with Crippen molar-refractivity contribution in [1.29, 1.82) is 0 Å². The molecule has 100 valence electrons.